The number of hydrogen-bond donors (Lipinski definition) is 0. The van der Waals surface area contributed by atoms with Crippen molar-refractivity contribution in [3.8, 4) is 11.5 Å². The SMILES string of the molecule is CCOC(=O)C1=C(C)N=c2s/c(=C\c3cc(OC)c(OC)cc3Br)c(=O)n2C1c1ccc(Cl)cc1. The first-order valence-electron chi connectivity index (χ1n) is 10.7. The van der Waals surface area contributed by atoms with Crippen molar-refractivity contribution in [3.05, 3.63) is 88.0 Å². The quantitative estimate of drug-likeness (QED) is 0.410. The van der Waals surface area contributed by atoms with E-state index in [0.717, 1.165) is 15.6 Å². The van der Waals surface area contributed by atoms with Gasteiger partial charge in [-0.1, -0.05) is 51.0 Å². The van der Waals surface area contributed by atoms with Crippen LogP contribution in [-0.4, -0.2) is 31.4 Å². The third-order valence-corrected chi connectivity index (χ3v) is 7.41. The van der Waals surface area contributed by atoms with Crippen molar-refractivity contribution in [1.82, 2.24) is 4.57 Å². The summed E-state index contributed by atoms with van der Waals surface area (Å²) in [6.07, 6.45) is 1.76. The van der Waals surface area contributed by atoms with Crippen molar-refractivity contribution in [2.45, 2.75) is 19.9 Å². The number of aromatic nitrogens is 1. The highest BCUT2D eigenvalue weighted by Gasteiger charge is 2.33. The minimum atomic E-state index is -0.696. The van der Waals surface area contributed by atoms with Gasteiger partial charge in [0.15, 0.2) is 16.3 Å². The van der Waals surface area contributed by atoms with Crippen LogP contribution >= 0.6 is 38.9 Å². The van der Waals surface area contributed by atoms with Crippen molar-refractivity contribution in [2.75, 3.05) is 20.8 Å². The fourth-order valence-electron chi connectivity index (χ4n) is 3.87. The molecule has 1 atom stereocenters. The zero-order valence-corrected chi connectivity index (χ0v) is 22.6. The number of esters is 1. The first kappa shape index (κ1) is 25.2. The monoisotopic (exact) mass is 576 g/mol. The Morgan fingerprint density at radius 3 is 2.49 bits per heavy atom. The molecule has 10 heteroatoms. The number of benzene rings is 2. The normalized spacial score (nSPS) is 15.5. The molecule has 3 aromatic rings. The maximum Gasteiger partial charge on any atom is 0.338 e. The van der Waals surface area contributed by atoms with Crippen LogP contribution in [0.15, 0.2) is 61.9 Å². The number of carbonyl (C=O) groups excluding carboxylic acids is 1. The average Bonchev–Trinajstić information content (AvgIpc) is 3.14. The van der Waals surface area contributed by atoms with Gasteiger partial charge in [0.2, 0.25) is 0 Å². The summed E-state index contributed by atoms with van der Waals surface area (Å²) < 4.78 is 18.8. The highest BCUT2D eigenvalue weighted by atomic mass is 79.9. The predicted molar refractivity (Wildman–Crippen MR) is 139 cm³/mol. The van der Waals surface area contributed by atoms with Crippen LogP contribution in [-0.2, 0) is 9.53 Å². The fraction of sp³-hybridized carbons (Fsp3) is 0.240. The molecule has 0 radical (unpaired) electrons. The lowest BCUT2D eigenvalue weighted by Gasteiger charge is -2.24. The second-order valence-corrected chi connectivity index (χ2v) is 9.88. The number of hydrogen-bond acceptors (Lipinski definition) is 7. The van der Waals surface area contributed by atoms with E-state index in [9.17, 15) is 9.59 Å². The molecular formula is C25H22BrClN2O5S. The van der Waals surface area contributed by atoms with Gasteiger partial charge in [0.25, 0.3) is 5.56 Å². The van der Waals surface area contributed by atoms with Crippen LogP contribution in [0.3, 0.4) is 0 Å². The Hall–Kier alpha value is -2.88. The van der Waals surface area contributed by atoms with Crippen LogP contribution in [0.5, 0.6) is 11.5 Å². The molecule has 0 spiro atoms. The van der Waals surface area contributed by atoms with Gasteiger partial charge in [0.1, 0.15) is 0 Å². The van der Waals surface area contributed by atoms with Crippen molar-refractivity contribution in [2.24, 2.45) is 4.99 Å². The van der Waals surface area contributed by atoms with Gasteiger partial charge in [-0.25, -0.2) is 9.79 Å². The summed E-state index contributed by atoms with van der Waals surface area (Å²) in [5.74, 6) is 0.593. The number of carbonyl (C=O) groups is 1. The molecule has 2 aromatic carbocycles. The minimum absolute atomic E-state index is 0.209. The molecule has 4 rings (SSSR count). The molecule has 0 amide bonds. The summed E-state index contributed by atoms with van der Waals surface area (Å²) >= 11 is 10.9. The fourth-order valence-corrected chi connectivity index (χ4v) is 5.47. The highest BCUT2D eigenvalue weighted by Crippen LogP contribution is 2.34. The van der Waals surface area contributed by atoms with Gasteiger partial charge in [0, 0.05) is 9.50 Å². The number of halogens is 2. The number of allylic oxidation sites excluding steroid dienone is 1. The lowest BCUT2D eigenvalue weighted by atomic mass is 9.96. The third kappa shape index (κ3) is 4.80. The maximum absolute atomic E-state index is 13.7. The highest BCUT2D eigenvalue weighted by molar-refractivity contribution is 9.10. The van der Waals surface area contributed by atoms with E-state index in [1.165, 1.54) is 15.9 Å². The number of rotatable bonds is 6. The molecule has 1 unspecified atom stereocenters. The molecule has 1 aliphatic heterocycles. The summed E-state index contributed by atoms with van der Waals surface area (Å²) in [5.41, 5.74) is 2.01. The zero-order chi connectivity index (χ0) is 25.3. The number of fused-ring (bicyclic) bond motifs is 1. The molecule has 0 aliphatic carbocycles. The van der Waals surface area contributed by atoms with Crippen LogP contribution in [0.1, 0.15) is 31.0 Å². The van der Waals surface area contributed by atoms with E-state index < -0.39 is 12.0 Å². The molecule has 1 aromatic heterocycles. The van der Waals surface area contributed by atoms with Crippen molar-refractivity contribution in [3.63, 3.8) is 0 Å². The maximum atomic E-state index is 13.7. The molecule has 0 N–H and O–H groups in total. The molecule has 0 fully saturated rings. The Morgan fingerprint density at radius 1 is 1.20 bits per heavy atom. The number of nitrogens with zero attached hydrogens (tertiary/aromatic N) is 2. The van der Waals surface area contributed by atoms with E-state index in [-0.39, 0.29) is 12.2 Å². The van der Waals surface area contributed by atoms with E-state index in [1.54, 1.807) is 70.5 Å². The van der Waals surface area contributed by atoms with Gasteiger partial charge in [0.05, 0.1) is 42.7 Å². The second kappa shape index (κ2) is 10.4. The van der Waals surface area contributed by atoms with Gasteiger partial charge in [-0.3, -0.25) is 9.36 Å². The van der Waals surface area contributed by atoms with Crippen molar-refractivity contribution >= 4 is 50.9 Å². The molecular weight excluding hydrogens is 556 g/mol. The lowest BCUT2D eigenvalue weighted by molar-refractivity contribution is -0.139. The first-order chi connectivity index (χ1) is 16.8. The summed E-state index contributed by atoms with van der Waals surface area (Å²) in [4.78, 5) is 31.7. The summed E-state index contributed by atoms with van der Waals surface area (Å²) in [6, 6.07) is 9.92. The summed E-state index contributed by atoms with van der Waals surface area (Å²) in [5, 5.41) is 0.554. The average molecular weight is 578 g/mol. The Morgan fingerprint density at radius 2 is 1.86 bits per heavy atom. The summed E-state index contributed by atoms with van der Waals surface area (Å²) in [6.45, 7) is 3.69. The van der Waals surface area contributed by atoms with E-state index in [4.69, 9.17) is 25.8 Å². The van der Waals surface area contributed by atoms with E-state index in [0.29, 0.717) is 37.1 Å². The molecule has 7 nitrogen and oxygen atoms in total. The first-order valence-corrected chi connectivity index (χ1v) is 12.6. The Balaban J connectivity index is 1.95. The number of thiazole rings is 1. The summed E-state index contributed by atoms with van der Waals surface area (Å²) in [7, 11) is 3.11. The standard InChI is InChI=1S/C25H22BrClN2O5S/c1-5-34-24(31)21-13(2)28-25-29(22(21)14-6-8-16(27)9-7-14)23(30)20(35-25)11-15-10-18(32-3)19(33-4)12-17(15)26/h6-12,22H,5H2,1-4H3/b20-11-. The molecule has 182 valence electrons. The van der Waals surface area contributed by atoms with Gasteiger partial charge in [-0.2, -0.15) is 0 Å². The van der Waals surface area contributed by atoms with Crippen LogP contribution in [0.25, 0.3) is 6.08 Å². The van der Waals surface area contributed by atoms with Gasteiger partial charge in [-0.15, -0.1) is 0 Å². The topological polar surface area (TPSA) is 79.1 Å². The van der Waals surface area contributed by atoms with E-state index in [1.807, 2.05) is 0 Å². The van der Waals surface area contributed by atoms with Crippen LogP contribution in [0.4, 0.5) is 0 Å². The van der Waals surface area contributed by atoms with Crippen LogP contribution < -0.4 is 24.4 Å². The molecule has 35 heavy (non-hydrogen) atoms. The smallest absolute Gasteiger partial charge is 0.338 e. The van der Waals surface area contributed by atoms with Crippen LogP contribution in [0, 0.1) is 0 Å². The molecule has 0 saturated carbocycles. The molecule has 0 bridgehead atoms. The Bertz CT molecular complexity index is 1510. The largest absolute Gasteiger partial charge is 0.493 e. The van der Waals surface area contributed by atoms with E-state index in [2.05, 4.69) is 20.9 Å². The van der Waals surface area contributed by atoms with Crippen molar-refractivity contribution < 1.29 is 19.0 Å². The third-order valence-electron chi connectivity index (χ3n) is 5.49. The molecule has 2 heterocycles. The minimum Gasteiger partial charge on any atom is -0.493 e. The number of methoxy groups -OCH3 is 2. The Kier molecular flexibility index (Phi) is 7.49. The van der Waals surface area contributed by atoms with Crippen LogP contribution in [0.2, 0.25) is 5.02 Å². The Labute approximate surface area is 219 Å². The zero-order valence-electron chi connectivity index (χ0n) is 19.4. The van der Waals surface area contributed by atoms with Gasteiger partial charge < -0.3 is 14.2 Å². The van der Waals surface area contributed by atoms with Gasteiger partial charge >= 0.3 is 5.97 Å². The van der Waals surface area contributed by atoms with Crippen molar-refractivity contribution in [1.29, 1.82) is 0 Å². The van der Waals surface area contributed by atoms with Gasteiger partial charge in [-0.05, 0) is 55.3 Å². The predicted octanol–water partition coefficient (Wildman–Crippen LogP) is 4.23. The lowest BCUT2D eigenvalue weighted by Crippen LogP contribution is -2.39. The molecule has 0 saturated heterocycles. The second-order valence-electron chi connectivity index (χ2n) is 7.58. The number of ether oxygens (including phenoxy) is 3. The van der Waals surface area contributed by atoms with E-state index >= 15 is 0 Å². The molecule has 1 aliphatic rings.